The molecular weight excluding hydrogens is 414 g/mol. The van der Waals surface area contributed by atoms with Crippen LogP contribution in [0.25, 0.3) is 16.6 Å². The molecule has 1 aromatic heterocycles. The van der Waals surface area contributed by atoms with Crippen molar-refractivity contribution < 1.29 is 19.1 Å². The standard InChI is InChI=1S/C23H23N3O4S/c1-4-8-16-11-12-18(19(13-16)29-3)30-14-20(27)25-26-22(28)21-15(2)24-23(31-21)17-9-6-5-7-10-17/h4-13H,14H2,1-3H3,(H,25,27)(H,26,28)/b8-4+. The monoisotopic (exact) mass is 437 g/mol. The van der Waals surface area contributed by atoms with E-state index in [9.17, 15) is 9.59 Å². The Labute approximate surface area is 184 Å². The van der Waals surface area contributed by atoms with Crippen molar-refractivity contribution in [2.45, 2.75) is 13.8 Å². The van der Waals surface area contributed by atoms with Crippen molar-refractivity contribution in [3.8, 4) is 22.1 Å². The minimum atomic E-state index is -0.501. The van der Waals surface area contributed by atoms with Crippen LogP contribution < -0.4 is 20.3 Å². The van der Waals surface area contributed by atoms with Crippen LogP contribution >= 0.6 is 11.3 Å². The highest BCUT2D eigenvalue weighted by Crippen LogP contribution is 2.29. The molecule has 2 N–H and O–H groups in total. The van der Waals surface area contributed by atoms with Crippen molar-refractivity contribution in [3.05, 3.63) is 70.7 Å². The number of nitrogens with zero attached hydrogens (tertiary/aromatic N) is 1. The summed E-state index contributed by atoms with van der Waals surface area (Å²) in [5.41, 5.74) is 7.25. The number of ether oxygens (including phenoxy) is 2. The van der Waals surface area contributed by atoms with Crippen LogP contribution in [-0.2, 0) is 4.79 Å². The zero-order valence-electron chi connectivity index (χ0n) is 17.5. The van der Waals surface area contributed by atoms with Crippen LogP contribution in [0.2, 0.25) is 0 Å². The lowest BCUT2D eigenvalue weighted by molar-refractivity contribution is -0.123. The second kappa shape index (κ2) is 10.4. The van der Waals surface area contributed by atoms with Gasteiger partial charge in [-0.2, -0.15) is 0 Å². The number of benzene rings is 2. The fraction of sp³-hybridized carbons (Fsp3) is 0.174. The maximum Gasteiger partial charge on any atom is 0.281 e. The van der Waals surface area contributed by atoms with Gasteiger partial charge < -0.3 is 9.47 Å². The molecule has 0 aliphatic carbocycles. The van der Waals surface area contributed by atoms with E-state index in [0.29, 0.717) is 22.1 Å². The van der Waals surface area contributed by atoms with E-state index >= 15 is 0 Å². The molecular formula is C23H23N3O4S. The summed E-state index contributed by atoms with van der Waals surface area (Å²) in [5.74, 6) is 0.0152. The lowest BCUT2D eigenvalue weighted by Gasteiger charge is -2.12. The van der Waals surface area contributed by atoms with Crippen molar-refractivity contribution in [2.75, 3.05) is 13.7 Å². The van der Waals surface area contributed by atoms with Crippen molar-refractivity contribution >= 4 is 29.2 Å². The highest BCUT2D eigenvalue weighted by atomic mass is 32.1. The van der Waals surface area contributed by atoms with Gasteiger partial charge in [-0.15, -0.1) is 11.3 Å². The Morgan fingerprint density at radius 1 is 1.10 bits per heavy atom. The Hall–Kier alpha value is -3.65. The number of hydrazine groups is 1. The third kappa shape index (κ3) is 5.70. The fourth-order valence-corrected chi connectivity index (χ4v) is 3.74. The molecule has 3 aromatic rings. The van der Waals surface area contributed by atoms with Gasteiger partial charge in [0.15, 0.2) is 18.1 Å². The number of hydrogen-bond donors (Lipinski definition) is 2. The van der Waals surface area contributed by atoms with Crippen molar-refractivity contribution in [1.82, 2.24) is 15.8 Å². The van der Waals surface area contributed by atoms with Gasteiger partial charge in [-0.05, 0) is 31.5 Å². The molecule has 31 heavy (non-hydrogen) atoms. The van der Waals surface area contributed by atoms with Crippen LogP contribution in [0.15, 0.2) is 54.6 Å². The molecule has 0 radical (unpaired) electrons. The molecule has 8 heteroatoms. The molecule has 160 valence electrons. The molecule has 0 atom stereocenters. The zero-order valence-corrected chi connectivity index (χ0v) is 18.3. The fourth-order valence-electron chi connectivity index (χ4n) is 2.77. The predicted molar refractivity (Wildman–Crippen MR) is 121 cm³/mol. The minimum absolute atomic E-state index is 0.281. The molecule has 0 saturated heterocycles. The topological polar surface area (TPSA) is 89.6 Å². The number of hydrogen-bond acceptors (Lipinski definition) is 6. The minimum Gasteiger partial charge on any atom is -0.493 e. The van der Waals surface area contributed by atoms with Gasteiger partial charge in [0, 0.05) is 5.56 Å². The van der Waals surface area contributed by atoms with Crippen molar-refractivity contribution in [2.24, 2.45) is 0 Å². The van der Waals surface area contributed by atoms with E-state index in [2.05, 4.69) is 15.8 Å². The Bertz CT molecular complexity index is 1090. The second-order valence-corrected chi connectivity index (χ2v) is 7.50. The number of allylic oxidation sites excluding steroid dienone is 1. The smallest absolute Gasteiger partial charge is 0.281 e. The Kier molecular flexibility index (Phi) is 7.40. The number of carbonyl (C=O) groups is 2. The predicted octanol–water partition coefficient (Wildman–Crippen LogP) is 4.00. The van der Waals surface area contributed by atoms with E-state index < -0.39 is 11.8 Å². The summed E-state index contributed by atoms with van der Waals surface area (Å²) in [6, 6.07) is 15.0. The molecule has 0 aliphatic rings. The molecule has 0 fully saturated rings. The third-order valence-electron chi connectivity index (χ3n) is 4.24. The molecule has 7 nitrogen and oxygen atoms in total. The molecule has 0 spiro atoms. The number of methoxy groups -OCH3 is 1. The van der Waals surface area contributed by atoms with Crippen LogP contribution in [0.3, 0.4) is 0 Å². The lowest BCUT2D eigenvalue weighted by atomic mass is 10.2. The van der Waals surface area contributed by atoms with Crippen LogP contribution in [-0.4, -0.2) is 30.5 Å². The number of aryl methyl sites for hydroxylation is 1. The van der Waals surface area contributed by atoms with Crippen molar-refractivity contribution in [3.63, 3.8) is 0 Å². The average Bonchev–Trinajstić information content (AvgIpc) is 3.19. The second-order valence-electron chi connectivity index (χ2n) is 6.50. The van der Waals surface area contributed by atoms with Gasteiger partial charge in [-0.1, -0.05) is 48.6 Å². The van der Waals surface area contributed by atoms with Gasteiger partial charge in [0.1, 0.15) is 9.88 Å². The normalized spacial score (nSPS) is 10.7. The number of thiazole rings is 1. The SMILES string of the molecule is C/C=C/c1ccc(OCC(=O)NNC(=O)c2sc(-c3ccccc3)nc2C)c(OC)c1. The van der Waals surface area contributed by atoms with Crippen LogP contribution in [0.5, 0.6) is 11.5 Å². The summed E-state index contributed by atoms with van der Waals surface area (Å²) >= 11 is 1.27. The van der Waals surface area contributed by atoms with Gasteiger partial charge in [0.25, 0.3) is 11.8 Å². The highest BCUT2D eigenvalue weighted by Gasteiger charge is 2.17. The molecule has 3 rings (SSSR count). The average molecular weight is 438 g/mol. The maximum atomic E-state index is 12.5. The van der Waals surface area contributed by atoms with E-state index in [1.165, 1.54) is 18.4 Å². The molecule has 0 saturated carbocycles. The first-order valence-electron chi connectivity index (χ1n) is 9.57. The third-order valence-corrected chi connectivity index (χ3v) is 5.45. The van der Waals surface area contributed by atoms with Gasteiger partial charge in [-0.25, -0.2) is 4.98 Å². The first-order chi connectivity index (χ1) is 15.0. The summed E-state index contributed by atoms with van der Waals surface area (Å²) in [4.78, 5) is 29.5. The van der Waals surface area contributed by atoms with Crippen LogP contribution in [0.4, 0.5) is 0 Å². The summed E-state index contributed by atoms with van der Waals surface area (Å²) in [7, 11) is 1.53. The van der Waals surface area contributed by atoms with E-state index in [1.807, 2.05) is 61.5 Å². The number of rotatable bonds is 7. The van der Waals surface area contributed by atoms with Gasteiger partial charge >= 0.3 is 0 Å². The molecule has 0 bridgehead atoms. The Morgan fingerprint density at radius 2 is 1.87 bits per heavy atom. The molecule has 2 amide bonds. The molecule has 2 aromatic carbocycles. The number of carbonyl (C=O) groups excluding carboxylic acids is 2. The van der Waals surface area contributed by atoms with Gasteiger partial charge in [-0.3, -0.25) is 20.4 Å². The van der Waals surface area contributed by atoms with Gasteiger partial charge in [0.05, 0.1) is 12.8 Å². The first kappa shape index (κ1) is 22.0. The molecule has 0 unspecified atom stereocenters. The largest absolute Gasteiger partial charge is 0.493 e. The van der Waals surface area contributed by atoms with E-state index in [-0.39, 0.29) is 6.61 Å². The molecule has 1 heterocycles. The maximum absolute atomic E-state index is 12.5. The number of amides is 2. The van der Waals surface area contributed by atoms with Crippen molar-refractivity contribution in [1.29, 1.82) is 0 Å². The summed E-state index contributed by atoms with van der Waals surface area (Å²) in [6.07, 6.45) is 3.85. The Balaban J connectivity index is 1.55. The van der Waals surface area contributed by atoms with Crippen LogP contribution in [0.1, 0.15) is 27.9 Å². The lowest BCUT2D eigenvalue weighted by Crippen LogP contribution is -2.43. The zero-order chi connectivity index (χ0) is 22.2. The van der Waals surface area contributed by atoms with Crippen LogP contribution in [0, 0.1) is 6.92 Å². The summed E-state index contributed by atoms with van der Waals surface area (Å²) in [5, 5.41) is 0.742. The van der Waals surface area contributed by atoms with Gasteiger partial charge in [0.2, 0.25) is 0 Å². The first-order valence-corrected chi connectivity index (χ1v) is 10.4. The summed E-state index contributed by atoms with van der Waals surface area (Å²) < 4.78 is 10.8. The van der Waals surface area contributed by atoms with E-state index in [0.717, 1.165) is 16.1 Å². The highest BCUT2D eigenvalue weighted by molar-refractivity contribution is 7.17. The van der Waals surface area contributed by atoms with E-state index in [4.69, 9.17) is 9.47 Å². The summed E-state index contributed by atoms with van der Waals surface area (Å²) in [6.45, 7) is 3.40. The quantitative estimate of drug-likeness (QED) is 0.546. The Morgan fingerprint density at radius 3 is 2.58 bits per heavy atom. The number of aromatic nitrogens is 1. The molecule has 0 aliphatic heterocycles. The van der Waals surface area contributed by atoms with E-state index in [1.54, 1.807) is 13.0 Å². The number of nitrogens with one attached hydrogen (secondary N) is 2.